The van der Waals surface area contributed by atoms with Crippen molar-refractivity contribution in [3.8, 4) is 5.75 Å². The van der Waals surface area contributed by atoms with Crippen LogP contribution in [0.3, 0.4) is 0 Å². The maximum atomic E-state index is 5.02. The number of rotatable bonds is 1. The zero-order valence-corrected chi connectivity index (χ0v) is 8.18. The Kier molecular flexibility index (Phi) is 2.54. The van der Waals surface area contributed by atoms with Gasteiger partial charge in [0.2, 0.25) is 0 Å². The second-order valence-corrected chi connectivity index (χ2v) is 2.76. The quantitative estimate of drug-likeness (QED) is 0.694. The summed E-state index contributed by atoms with van der Waals surface area (Å²) in [5.41, 5.74) is 2.58. The van der Waals surface area contributed by atoms with Gasteiger partial charge in [-0.2, -0.15) is 0 Å². The molecule has 10 heavy (non-hydrogen) atoms. The lowest BCUT2D eigenvalue weighted by molar-refractivity contribution is 0.715. The Hall–Kier alpha value is -0.250. The van der Waals surface area contributed by atoms with Crippen LogP contribution in [0.1, 0.15) is 11.1 Å². The molecule has 1 aromatic rings. The average Bonchev–Trinajstić information content (AvgIpc) is 1.95. The molecular weight excluding hydrogens is 239 g/mol. The average molecular weight is 248 g/mol. The van der Waals surface area contributed by atoms with E-state index in [9.17, 15) is 0 Å². The summed E-state index contributed by atoms with van der Waals surface area (Å²) in [5.74, 6) is 0.920. The Labute approximate surface area is 75.1 Å². The molecule has 54 valence electrons. The zero-order chi connectivity index (χ0) is 7.56. The van der Waals surface area contributed by atoms with Crippen molar-refractivity contribution in [2.75, 3.05) is 0 Å². The summed E-state index contributed by atoms with van der Waals surface area (Å²) < 4.78 is 5.02. The smallest absolute Gasteiger partial charge is 0.192 e. The summed E-state index contributed by atoms with van der Waals surface area (Å²) in [6.07, 6.45) is 0. The van der Waals surface area contributed by atoms with E-state index in [1.807, 2.05) is 35.1 Å². The maximum Gasteiger partial charge on any atom is 0.192 e. The molecule has 2 heteroatoms. The van der Waals surface area contributed by atoms with Crippen LogP contribution in [0.5, 0.6) is 5.75 Å². The minimum absolute atomic E-state index is 0.920. The summed E-state index contributed by atoms with van der Waals surface area (Å²) in [5, 5.41) is 0. The molecule has 0 radical (unpaired) electrons. The number of benzene rings is 1. The first-order valence-corrected chi connectivity index (χ1v) is 3.98. The fourth-order valence-corrected chi connectivity index (χ4v) is 1.04. The van der Waals surface area contributed by atoms with E-state index in [4.69, 9.17) is 3.07 Å². The van der Waals surface area contributed by atoms with Crippen LogP contribution < -0.4 is 3.07 Å². The summed E-state index contributed by atoms with van der Waals surface area (Å²) in [7, 11) is 0. The fraction of sp³-hybridized carbons (Fsp3) is 0.250. The van der Waals surface area contributed by atoms with Crippen molar-refractivity contribution in [2.45, 2.75) is 13.8 Å². The van der Waals surface area contributed by atoms with E-state index in [1.54, 1.807) is 0 Å². The lowest BCUT2D eigenvalue weighted by Gasteiger charge is -2.00. The van der Waals surface area contributed by atoms with Crippen molar-refractivity contribution in [3.05, 3.63) is 29.3 Å². The Balaban J connectivity index is 3.04. The molecule has 0 spiro atoms. The highest BCUT2D eigenvalue weighted by Crippen LogP contribution is 2.17. The van der Waals surface area contributed by atoms with E-state index in [1.165, 1.54) is 11.1 Å². The van der Waals surface area contributed by atoms with Gasteiger partial charge < -0.3 is 3.07 Å². The van der Waals surface area contributed by atoms with E-state index < -0.39 is 0 Å². The molecule has 0 aliphatic carbocycles. The standard InChI is InChI=1S/C8H9IO/c1-6-3-4-8(10-9)5-7(6)2/h3-5H,1-2H3. The molecule has 0 heterocycles. The maximum absolute atomic E-state index is 5.02. The Morgan fingerprint density at radius 2 is 1.90 bits per heavy atom. The Bertz CT molecular complexity index is 233. The van der Waals surface area contributed by atoms with E-state index in [0.717, 1.165) is 5.75 Å². The van der Waals surface area contributed by atoms with Crippen LogP contribution >= 0.6 is 23.0 Å². The third-order valence-corrected chi connectivity index (χ3v) is 2.08. The van der Waals surface area contributed by atoms with Gasteiger partial charge in [0, 0.05) is 0 Å². The second-order valence-electron chi connectivity index (χ2n) is 2.32. The third-order valence-electron chi connectivity index (χ3n) is 1.57. The van der Waals surface area contributed by atoms with Crippen LogP contribution in [0.15, 0.2) is 18.2 Å². The summed E-state index contributed by atoms with van der Waals surface area (Å²) in [6, 6.07) is 6.06. The van der Waals surface area contributed by atoms with Gasteiger partial charge >= 0.3 is 0 Å². The van der Waals surface area contributed by atoms with E-state index in [0.29, 0.717) is 0 Å². The molecule has 1 nitrogen and oxygen atoms in total. The first-order chi connectivity index (χ1) is 4.74. The van der Waals surface area contributed by atoms with Gasteiger partial charge in [-0.1, -0.05) is 6.07 Å². The van der Waals surface area contributed by atoms with Gasteiger partial charge in [-0.25, -0.2) is 0 Å². The molecule has 0 amide bonds. The molecule has 0 bridgehead atoms. The fourth-order valence-electron chi connectivity index (χ4n) is 0.762. The van der Waals surface area contributed by atoms with Crippen molar-refractivity contribution in [3.63, 3.8) is 0 Å². The van der Waals surface area contributed by atoms with Crippen molar-refractivity contribution < 1.29 is 3.07 Å². The molecule has 0 atom stereocenters. The highest BCUT2D eigenvalue weighted by molar-refractivity contribution is 14.1. The molecule has 1 aromatic carbocycles. The van der Waals surface area contributed by atoms with Crippen LogP contribution in [0, 0.1) is 13.8 Å². The van der Waals surface area contributed by atoms with Crippen LogP contribution in [-0.4, -0.2) is 0 Å². The lowest BCUT2D eigenvalue weighted by Crippen LogP contribution is -1.80. The van der Waals surface area contributed by atoms with Crippen molar-refractivity contribution in [1.29, 1.82) is 0 Å². The Morgan fingerprint density at radius 1 is 1.20 bits per heavy atom. The highest BCUT2D eigenvalue weighted by Gasteiger charge is 1.94. The molecule has 1 rings (SSSR count). The topological polar surface area (TPSA) is 9.23 Å². The van der Waals surface area contributed by atoms with Gasteiger partial charge in [0.1, 0.15) is 5.75 Å². The van der Waals surface area contributed by atoms with Crippen molar-refractivity contribution >= 4 is 23.0 Å². The van der Waals surface area contributed by atoms with Gasteiger partial charge in [0.25, 0.3) is 0 Å². The molecular formula is C8H9IO. The van der Waals surface area contributed by atoms with Crippen LogP contribution in [0.2, 0.25) is 0 Å². The van der Waals surface area contributed by atoms with Crippen LogP contribution in [0.4, 0.5) is 0 Å². The normalized spacial score (nSPS) is 9.50. The molecule has 0 saturated heterocycles. The highest BCUT2D eigenvalue weighted by atomic mass is 127. The zero-order valence-electron chi connectivity index (χ0n) is 6.02. The third kappa shape index (κ3) is 1.62. The van der Waals surface area contributed by atoms with Crippen molar-refractivity contribution in [1.82, 2.24) is 0 Å². The van der Waals surface area contributed by atoms with Gasteiger partial charge in [-0.05, 0) is 37.1 Å². The molecule has 0 aromatic heterocycles. The monoisotopic (exact) mass is 248 g/mol. The molecule has 0 saturated carbocycles. The summed E-state index contributed by atoms with van der Waals surface area (Å²) >= 11 is 1.88. The van der Waals surface area contributed by atoms with Gasteiger partial charge in [0.15, 0.2) is 23.0 Å². The van der Waals surface area contributed by atoms with Gasteiger partial charge in [0.05, 0.1) is 0 Å². The number of hydrogen-bond acceptors (Lipinski definition) is 1. The van der Waals surface area contributed by atoms with Gasteiger partial charge in [-0.15, -0.1) is 0 Å². The Morgan fingerprint density at radius 3 is 2.40 bits per heavy atom. The predicted molar refractivity (Wildman–Crippen MR) is 50.6 cm³/mol. The summed E-state index contributed by atoms with van der Waals surface area (Å²) in [4.78, 5) is 0. The minimum atomic E-state index is 0.920. The molecule has 0 N–H and O–H groups in total. The van der Waals surface area contributed by atoms with Crippen LogP contribution in [0.25, 0.3) is 0 Å². The minimum Gasteiger partial charge on any atom is -0.428 e. The van der Waals surface area contributed by atoms with E-state index in [2.05, 4.69) is 19.9 Å². The molecule has 0 unspecified atom stereocenters. The predicted octanol–water partition coefficient (Wildman–Crippen LogP) is 3.03. The molecule has 0 aliphatic rings. The lowest BCUT2D eigenvalue weighted by atomic mass is 10.1. The number of hydrogen-bond donors (Lipinski definition) is 0. The summed E-state index contributed by atoms with van der Waals surface area (Å²) in [6.45, 7) is 4.17. The molecule has 0 aliphatic heterocycles. The second kappa shape index (κ2) is 3.23. The first kappa shape index (κ1) is 7.85. The SMILES string of the molecule is Cc1ccc(OI)cc1C. The molecule has 0 fully saturated rings. The number of halogens is 1. The van der Waals surface area contributed by atoms with E-state index in [-0.39, 0.29) is 0 Å². The van der Waals surface area contributed by atoms with Crippen molar-refractivity contribution in [2.24, 2.45) is 0 Å². The number of aryl methyl sites for hydroxylation is 2. The largest absolute Gasteiger partial charge is 0.428 e. The first-order valence-electron chi connectivity index (χ1n) is 3.10. The van der Waals surface area contributed by atoms with Crippen LogP contribution in [-0.2, 0) is 0 Å². The van der Waals surface area contributed by atoms with Gasteiger partial charge in [-0.3, -0.25) is 0 Å². The van der Waals surface area contributed by atoms with E-state index >= 15 is 0 Å².